The van der Waals surface area contributed by atoms with Gasteiger partial charge in [-0.25, -0.2) is 0 Å². The number of para-hydroxylation sites is 2. The molecule has 2 atom stereocenters. The number of carbonyl (C=O) groups is 2. The normalized spacial score (nSPS) is 19.4. The van der Waals surface area contributed by atoms with Crippen molar-refractivity contribution in [2.45, 2.75) is 38.1 Å². The summed E-state index contributed by atoms with van der Waals surface area (Å²) in [5.74, 6) is 0.691. The number of amides is 2. The topological polar surface area (TPSA) is 70.7 Å². The van der Waals surface area contributed by atoms with Crippen LogP contribution in [0.5, 0.6) is 5.75 Å². The predicted octanol–water partition coefficient (Wildman–Crippen LogP) is 3.54. The molecule has 0 radical (unpaired) electrons. The zero-order valence-corrected chi connectivity index (χ0v) is 18.1. The number of ether oxygens (including phenoxy) is 1. The van der Waals surface area contributed by atoms with Crippen LogP contribution in [0.15, 0.2) is 48.5 Å². The molecule has 0 saturated carbocycles. The first kappa shape index (κ1) is 21.4. The maximum Gasteiger partial charge on any atom is 0.227 e. The van der Waals surface area contributed by atoms with Crippen LogP contribution < -0.4 is 15.4 Å². The molecule has 2 aliphatic rings. The van der Waals surface area contributed by atoms with Crippen molar-refractivity contribution >= 4 is 17.5 Å². The first-order chi connectivity index (χ1) is 15.2. The molecule has 31 heavy (non-hydrogen) atoms. The van der Waals surface area contributed by atoms with Crippen molar-refractivity contribution in [1.29, 1.82) is 0 Å². The molecule has 1 fully saturated rings. The molecule has 4 rings (SSSR count). The van der Waals surface area contributed by atoms with Crippen molar-refractivity contribution in [3.8, 4) is 5.75 Å². The van der Waals surface area contributed by atoms with Gasteiger partial charge in [0.15, 0.2) is 0 Å². The largest absolute Gasteiger partial charge is 0.496 e. The van der Waals surface area contributed by atoms with E-state index in [0.717, 1.165) is 35.7 Å². The van der Waals surface area contributed by atoms with Crippen LogP contribution in [-0.4, -0.2) is 43.5 Å². The lowest BCUT2D eigenvalue weighted by Crippen LogP contribution is -2.37. The smallest absolute Gasteiger partial charge is 0.227 e. The molecule has 2 N–H and O–H groups in total. The number of rotatable bonds is 8. The molecule has 2 amide bonds. The summed E-state index contributed by atoms with van der Waals surface area (Å²) in [7, 11) is 1.69. The number of carbonyl (C=O) groups excluding carboxylic acids is 2. The number of likely N-dealkylation sites (tertiary alicyclic amines) is 1. The summed E-state index contributed by atoms with van der Waals surface area (Å²) in [6.07, 6.45) is 3.94. The number of nitrogens with zero attached hydrogens (tertiary/aromatic N) is 1. The molecule has 1 saturated heterocycles. The molecular formula is C25H31N3O3. The number of anilines is 1. The van der Waals surface area contributed by atoms with E-state index in [1.54, 1.807) is 7.11 Å². The molecule has 0 bridgehead atoms. The minimum Gasteiger partial charge on any atom is -0.496 e. The highest BCUT2D eigenvalue weighted by Gasteiger charge is 2.28. The average Bonchev–Trinajstić information content (AvgIpc) is 3.32. The Bertz CT molecular complexity index is 924. The lowest BCUT2D eigenvalue weighted by atomic mass is 9.89. The second-order valence-corrected chi connectivity index (χ2v) is 8.39. The van der Waals surface area contributed by atoms with Crippen LogP contribution in [0, 0.1) is 5.92 Å². The fourth-order valence-electron chi connectivity index (χ4n) is 4.68. The molecule has 2 aromatic rings. The Morgan fingerprint density at radius 2 is 1.90 bits per heavy atom. The Morgan fingerprint density at radius 3 is 2.71 bits per heavy atom. The minimum absolute atomic E-state index is 0.00856. The highest BCUT2D eigenvalue weighted by Crippen LogP contribution is 2.31. The Morgan fingerprint density at radius 1 is 1.16 bits per heavy atom. The molecule has 2 aliphatic heterocycles. The van der Waals surface area contributed by atoms with Crippen LogP contribution in [0.2, 0.25) is 0 Å². The quantitative estimate of drug-likeness (QED) is 0.684. The minimum atomic E-state index is -0.163. The number of fused-ring (bicyclic) bond motifs is 1. The van der Waals surface area contributed by atoms with Gasteiger partial charge in [0.1, 0.15) is 5.75 Å². The molecular weight excluding hydrogens is 390 g/mol. The van der Waals surface area contributed by atoms with Gasteiger partial charge in [-0.2, -0.15) is 0 Å². The summed E-state index contributed by atoms with van der Waals surface area (Å²) in [4.78, 5) is 27.5. The maximum atomic E-state index is 12.7. The molecule has 164 valence electrons. The van der Waals surface area contributed by atoms with Gasteiger partial charge >= 0.3 is 0 Å². The van der Waals surface area contributed by atoms with E-state index in [4.69, 9.17) is 4.74 Å². The predicted molar refractivity (Wildman–Crippen MR) is 121 cm³/mol. The van der Waals surface area contributed by atoms with Gasteiger partial charge in [0.2, 0.25) is 11.8 Å². The Kier molecular flexibility index (Phi) is 6.87. The molecule has 0 aromatic heterocycles. The zero-order valence-electron chi connectivity index (χ0n) is 18.1. The number of hydrogen-bond donors (Lipinski definition) is 2. The third-order valence-electron chi connectivity index (χ3n) is 6.40. The second-order valence-electron chi connectivity index (χ2n) is 8.39. The second kappa shape index (κ2) is 9.96. The molecule has 6 heteroatoms. The van der Waals surface area contributed by atoms with Gasteiger partial charge in [-0.3, -0.25) is 14.5 Å². The third kappa shape index (κ3) is 5.07. The maximum absolute atomic E-state index is 12.7. The SMILES string of the molecule is COc1ccccc1C(CNC(=O)CCC1Cc2ccccc2NC1=O)N1CCCC1. The Labute approximate surface area is 184 Å². The van der Waals surface area contributed by atoms with Gasteiger partial charge in [-0.15, -0.1) is 0 Å². The Balaban J connectivity index is 1.34. The van der Waals surface area contributed by atoms with E-state index in [0.29, 0.717) is 25.8 Å². The summed E-state index contributed by atoms with van der Waals surface area (Å²) in [6.45, 7) is 2.60. The number of benzene rings is 2. The van der Waals surface area contributed by atoms with Gasteiger partial charge in [-0.05, 0) is 56.5 Å². The molecule has 2 heterocycles. The monoisotopic (exact) mass is 421 g/mol. The summed E-state index contributed by atoms with van der Waals surface area (Å²) in [5, 5.41) is 6.08. The van der Waals surface area contributed by atoms with Gasteiger partial charge in [0, 0.05) is 30.1 Å². The van der Waals surface area contributed by atoms with Gasteiger partial charge < -0.3 is 15.4 Å². The van der Waals surface area contributed by atoms with Crippen LogP contribution in [0.4, 0.5) is 5.69 Å². The van der Waals surface area contributed by atoms with Crippen molar-refractivity contribution in [2.24, 2.45) is 5.92 Å². The van der Waals surface area contributed by atoms with E-state index in [2.05, 4.69) is 21.6 Å². The van der Waals surface area contributed by atoms with Crippen LogP contribution in [0.1, 0.15) is 42.9 Å². The molecule has 2 unspecified atom stereocenters. The van der Waals surface area contributed by atoms with Gasteiger partial charge in [0.05, 0.1) is 13.2 Å². The highest BCUT2D eigenvalue weighted by atomic mass is 16.5. The number of hydrogen-bond acceptors (Lipinski definition) is 4. The van der Waals surface area contributed by atoms with Gasteiger partial charge in [0.25, 0.3) is 0 Å². The van der Waals surface area contributed by atoms with E-state index in [9.17, 15) is 9.59 Å². The van der Waals surface area contributed by atoms with Crippen LogP contribution >= 0.6 is 0 Å². The lowest BCUT2D eigenvalue weighted by Gasteiger charge is -2.29. The lowest BCUT2D eigenvalue weighted by molar-refractivity contribution is -0.123. The van der Waals surface area contributed by atoms with Gasteiger partial charge in [-0.1, -0.05) is 36.4 Å². The molecule has 2 aromatic carbocycles. The highest BCUT2D eigenvalue weighted by molar-refractivity contribution is 5.96. The van der Waals surface area contributed by atoms with E-state index in [1.807, 2.05) is 42.5 Å². The fraction of sp³-hybridized carbons (Fsp3) is 0.440. The van der Waals surface area contributed by atoms with Crippen molar-refractivity contribution < 1.29 is 14.3 Å². The Hall–Kier alpha value is -2.86. The average molecular weight is 422 g/mol. The number of methoxy groups -OCH3 is 1. The van der Waals surface area contributed by atoms with Crippen molar-refractivity contribution in [2.75, 3.05) is 32.1 Å². The van der Waals surface area contributed by atoms with E-state index < -0.39 is 0 Å². The number of nitrogens with one attached hydrogen (secondary N) is 2. The van der Waals surface area contributed by atoms with Crippen molar-refractivity contribution in [3.63, 3.8) is 0 Å². The molecule has 6 nitrogen and oxygen atoms in total. The van der Waals surface area contributed by atoms with E-state index in [1.165, 1.54) is 12.8 Å². The summed E-state index contributed by atoms with van der Waals surface area (Å²) in [6, 6.07) is 16.0. The molecule has 0 spiro atoms. The zero-order chi connectivity index (χ0) is 21.6. The molecule has 0 aliphatic carbocycles. The van der Waals surface area contributed by atoms with E-state index in [-0.39, 0.29) is 23.8 Å². The van der Waals surface area contributed by atoms with E-state index >= 15 is 0 Å². The summed E-state index contributed by atoms with van der Waals surface area (Å²) < 4.78 is 5.58. The summed E-state index contributed by atoms with van der Waals surface area (Å²) in [5.41, 5.74) is 3.13. The van der Waals surface area contributed by atoms with Crippen LogP contribution in [0.25, 0.3) is 0 Å². The third-order valence-corrected chi connectivity index (χ3v) is 6.40. The van der Waals surface area contributed by atoms with Crippen molar-refractivity contribution in [1.82, 2.24) is 10.2 Å². The summed E-state index contributed by atoms with van der Waals surface area (Å²) >= 11 is 0. The van der Waals surface area contributed by atoms with Crippen molar-refractivity contribution in [3.05, 3.63) is 59.7 Å². The van der Waals surface area contributed by atoms with Crippen LogP contribution in [-0.2, 0) is 16.0 Å². The first-order valence-electron chi connectivity index (χ1n) is 11.2. The fourth-order valence-corrected chi connectivity index (χ4v) is 4.68. The van der Waals surface area contributed by atoms with Crippen LogP contribution in [0.3, 0.4) is 0 Å². The standard InChI is InChI=1S/C25H31N3O3/c1-31-23-11-5-3-9-20(23)22(28-14-6-7-15-28)17-26-24(29)13-12-19-16-18-8-2-4-10-21(18)27-25(19)30/h2-5,8-11,19,22H,6-7,12-17H2,1H3,(H,26,29)(H,27,30). The first-order valence-corrected chi connectivity index (χ1v) is 11.2.